The fourth-order valence-corrected chi connectivity index (χ4v) is 2.99. The molecule has 0 radical (unpaired) electrons. The van der Waals surface area contributed by atoms with Crippen molar-refractivity contribution in [3.05, 3.63) is 0 Å². The molecule has 1 heteroatoms. The lowest BCUT2D eigenvalue weighted by Crippen LogP contribution is -2.33. The van der Waals surface area contributed by atoms with Gasteiger partial charge in [0.25, 0.3) is 0 Å². The van der Waals surface area contributed by atoms with E-state index in [0.717, 1.165) is 18.3 Å². The van der Waals surface area contributed by atoms with Gasteiger partial charge in [-0.05, 0) is 35.5 Å². The summed E-state index contributed by atoms with van der Waals surface area (Å²) in [6, 6.07) is 0. The van der Waals surface area contributed by atoms with Gasteiger partial charge in [-0.3, -0.25) is 0 Å². The predicted molar refractivity (Wildman–Crippen MR) is 49.8 cm³/mol. The van der Waals surface area contributed by atoms with E-state index in [9.17, 15) is 5.11 Å². The third-order valence-electron chi connectivity index (χ3n) is 4.41. The van der Waals surface area contributed by atoms with Crippen LogP contribution in [-0.2, 0) is 0 Å². The smallest absolute Gasteiger partial charge is 0.0594 e. The summed E-state index contributed by atoms with van der Waals surface area (Å²) in [5.74, 6) is 1.69. The second-order valence-electron chi connectivity index (χ2n) is 5.98. The largest absolute Gasteiger partial charge is 0.393 e. The van der Waals surface area contributed by atoms with Crippen LogP contribution in [0.4, 0.5) is 0 Å². The molecule has 1 N–H and O–H groups in total. The van der Waals surface area contributed by atoms with Gasteiger partial charge in [0.15, 0.2) is 0 Å². The first-order valence-electron chi connectivity index (χ1n) is 5.04. The summed E-state index contributed by atoms with van der Waals surface area (Å²) in [5.41, 5.74) is 0.684. The monoisotopic (exact) mass is 168 g/mol. The molecule has 0 aromatic heterocycles. The van der Waals surface area contributed by atoms with Crippen LogP contribution in [0.5, 0.6) is 0 Å². The zero-order valence-electron chi connectivity index (χ0n) is 8.59. The summed E-state index contributed by atoms with van der Waals surface area (Å²) >= 11 is 0. The zero-order chi connectivity index (χ0) is 9.15. The molecule has 0 aromatic rings. The van der Waals surface area contributed by atoms with E-state index in [0.29, 0.717) is 5.41 Å². The van der Waals surface area contributed by atoms with Crippen molar-refractivity contribution >= 4 is 0 Å². The minimum atomic E-state index is -0.0690. The number of hydrogen-bond acceptors (Lipinski definition) is 1. The number of fused-ring (bicyclic) bond motifs is 1. The number of aliphatic hydroxyl groups excluding tert-OH is 1. The maximum Gasteiger partial charge on any atom is 0.0594 e. The molecule has 0 aliphatic heterocycles. The SMILES string of the molecule is CC1(C)CC2C(CC1O)C2(C)C. The summed E-state index contributed by atoms with van der Waals surface area (Å²) in [7, 11) is 0. The van der Waals surface area contributed by atoms with E-state index >= 15 is 0 Å². The molecule has 0 amide bonds. The third-order valence-corrected chi connectivity index (χ3v) is 4.41. The van der Waals surface area contributed by atoms with Crippen molar-refractivity contribution in [3.63, 3.8) is 0 Å². The summed E-state index contributed by atoms with van der Waals surface area (Å²) in [6.45, 7) is 9.08. The molecule has 0 bridgehead atoms. The lowest BCUT2D eigenvalue weighted by Gasteiger charge is -2.34. The Morgan fingerprint density at radius 3 is 2.17 bits per heavy atom. The summed E-state index contributed by atoms with van der Waals surface area (Å²) in [4.78, 5) is 0. The Bertz CT molecular complexity index is 205. The number of aliphatic hydroxyl groups is 1. The fraction of sp³-hybridized carbons (Fsp3) is 1.00. The van der Waals surface area contributed by atoms with Gasteiger partial charge in [0.1, 0.15) is 0 Å². The third kappa shape index (κ3) is 0.953. The molecule has 0 aromatic carbocycles. The first kappa shape index (κ1) is 8.55. The predicted octanol–water partition coefficient (Wildman–Crippen LogP) is 2.44. The van der Waals surface area contributed by atoms with E-state index in [-0.39, 0.29) is 11.5 Å². The lowest BCUT2D eigenvalue weighted by molar-refractivity contribution is 0.00931. The standard InChI is InChI=1S/C11H20O/c1-10(2)6-8-7(5-9(10)12)11(8,3)4/h7-9,12H,5-6H2,1-4H3. The molecule has 2 fully saturated rings. The van der Waals surface area contributed by atoms with Crippen LogP contribution in [0.1, 0.15) is 40.5 Å². The van der Waals surface area contributed by atoms with Crippen molar-refractivity contribution in [2.24, 2.45) is 22.7 Å². The minimum Gasteiger partial charge on any atom is -0.393 e. The maximum absolute atomic E-state index is 9.87. The van der Waals surface area contributed by atoms with Gasteiger partial charge in [0.2, 0.25) is 0 Å². The van der Waals surface area contributed by atoms with E-state index in [1.165, 1.54) is 6.42 Å². The maximum atomic E-state index is 9.87. The Morgan fingerprint density at radius 1 is 1.08 bits per heavy atom. The van der Waals surface area contributed by atoms with Crippen LogP contribution >= 0.6 is 0 Å². The molecule has 2 aliphatic carbocycles. The van der Waals surface area contributed by atoms with Crippen LogP contribution in [0.2, 0.25) is 0 Å². The average Bonchev–Trinajstić information content (AvgIpc) is 2.37. The van der Waals surface area contributed by atoms with Crippen LogP contribution in [0.3, 0.4) is 0 Å². The van der Waals surface area contributed by atoms with Crippen molar-refractivity contribution < 1.29 is 5.11 Å². The molecule has 2 saturated carbocycles. The average molecular weight is 168 g/mol. The molecular formula is C11H20O. The van der Waals surface area contributed by atoms with E-state index in [1.54, 1.807) is 0 Å². The van der Waals surface area contributed by atoms with E-state index in [4.69, 9.17) is 0 Å². The Morgan fingerprint density at radius 2 is 1.67 bits per heavy atom. The van der Waals surface area contributed by atoms with Gasteiger partial charge < -0.3 is 5.11 Å². The fourth-order valence-electron chi connectivity index (χ4n) is 2.99. The molecule has 2 rings (SSSR count). The van der Waals surface area contributed by atoms with Gasteiger partial charge in [-0.2, -0.15) is 0 Å². The van der Waals surface area contributed by atoms with Gasteiger partial charge >= 0.3 is 0 Å². The highest BCUT2D eigenvalue weighted by molar-refractivity contribution is 5.11. The first-order valence-corrected chi connectivity index (χ1v) is 5.04. The molecule has 70 valence electrons. The molecule has 1 nitrogen and oxygen atoms in total. The van der Waals surface area contributed by atoms with Crippen molar-refractivity contribution in [1.29, 1.82) is 0 Å². The highest BCUT2D eigenvalue weighted by Crippen LogP contribution is 2.67. The molecule has 3 atom stereocenters. The number of hydrogen-bond donors (Lipinski definition) is 1. The van der Waals surface area contributed by atoms with Crippen LogP contribution in [0.25, 0.3) is 0 Å². The first-order chi connectivity index (χ1) is 5.36. The lowest BCUT2D eigenvalue weighted by atomic mass is 9.75. The van der Waals surface area contributed by atoms with Gasteiger partial charge in [0, 0.05) is 0 Å². The minimum absolute atomic E-state index is 0.0690. The van der Waals surface area contributed by atoms with Crippen molar-refractivity contribution in [2.75, 3.05) is 0 Å². The van der Waals surface area contributed by atoms with E-state index in [1.807, 2.05) is 0 Å². The highest BCUT2D eigenvalue weighted by Gasteiger charge is 2.62. The summed E-state index contributed by atoms with van der Waals surface area (Å²) < 4.78 is 0. The molecule has 12 heavy (non-hydrogen) atoms. The molecule has 0 saturated heterocycles. The van der Waals surface area contributed by atoms with Gasteiger partial charge in [-0.25, -0.2) is 0 Å². The Kier molecular flexibility index (Phi) is 1.47. The summed E-state index contributed by atoms with van der Waals surface area (Å²) in [6.07, 6.45) is 2.18. The topological polar surface area (TPSA) is 20.2 Å². The second kappa shape index (κ2) is 2.06. The van der Waals surface area contributed by atoms with Crippen LogP contribution < -0.4 is 0 Å². The molecule has 2 aliphatic rings. The van der Waals surface area contributed by atoms with Crippen molar-refractivity contribution in [1.82, 2.24) is 0 Å². The molecule has 0 spiro atoms. The molecular weight excluding hydrogens is 148 g/mol. The van der Waals surface area contributed by atoms with Crippen molar-refractivity contribution in [3.8, 4) is 0 Å². The van der Waals surface area contributed by atoms with E-state index < -0.39 is 0 Å². The zero-order valence-corrected chi connectivity index (χ0v) is 8.59. The second-order valence-corrected chi connectivity index (χ2v) is 5.98. The highest BCUT2D eigenvalue weighted by atomic mass is 16.3. The van der Waals surface area contributed by atoms with Gasteiger partial charge in [0.05, 0.1) is 6.10 Å². The van der Waals surface area contributed by atoms with Gasteiger partial charge in [-0.15, -0.1) is 0 Å². The quantitative estimate of drug-likeness (QED) is 0.589. The summed E-state index contributed by atoms with van der Waals surface area (Å²) in [5, 5.41) is 9.87. The molecule has 0 heterocycles. The van der Waals surface area contributed by atoms with Crippen molar-refractivity contribution in [2.45, 2.75) is 46.6 Å². The Balaban J connectivity index is 2.14. The Hall–Kier alpha value is -0.0400. The number of rotatable bonds is 0. The van der Waals surface area contributed by atoms with Crippen LogP contribution in [-0.4, -0.2) is 11.2 Å². The molecule has 3 unspecified atom stereocenters. The Labute approximate surface area is 75.2 Å². The normalized spacial score (nSPS) is 48.2. The van der Waals surface area contributed by atoms with Crippen LogP contribution in [0.15, 0.2) is 0 Å². The van der Waals surface area contributed by atoms with Crippen LogP contribution in [0, 0.1) is 22.7 Å². The van der Waals surface area contributed by atoms with Gasteiger partial charge in [-0.1, -0.05) is 27.7 Å². The van der Waals surface area contributed by atoms with E-state index in [2.05, 4.69) is 27.7 Å².